The Bertz CT molecular complexity index is 2670. The fourth-order valence-corrected chi connectivity index (χ4v) is 8.69. The minimum Gasteiger partial charge on any atom is -0.494 e. The fourth-order valence-electron chi connectivity index (χ4n) is 8.17. The van der Waals surface area contributed by atoms with E-state index < -0.39 is 52.7 Å². The number of halogens is 1. The number of ether oxygens (including phenoxy) is 2. The molecule has 0 spiro atoms. The van der Waals surface area contributed by atoms with Crippen LogP contribution in [-0.2, 0) is 30.5 Å². The number of thiocarbonyl (C=S) groups is 1. The van der Waals surface area contributed by atoms with Crippen LogP contribution in [0.2, 0.25) is 0 Å². The van der Waals surface area contributed by atoms with Crippen LogP contribution in [0.25, 0.3) is 22.5 Å². The molecule has 0 aliphatic carbocycles. The number of carbonyl (C=O) groups is 4. The summed E-state index contributed by atoms with van der Waals surface area (Å²) in [5, 5.41) is 25.6. The molecule has 2 saturated heterocycles. The van der Waals surface area contributed by atoms with E-state index in [0.29, 0.717) is 43.3 Å². The average molecular weight is 944 g/mol. The van der Waals surface area contributed by atoms with Gasteiger partial charge in [-0.3, -0.25) is 24.1 Å². The number of β-amino-alcohol motifs (C(OH)–C–C–N with tert-alkyl or cyclic N) is 1. The maximum atomic E-state index is 14.5. The number of hydrogen-bond acceptors (Lipinski definition) is 11. The number of amides is 4. The molecular formula is C51H54FN7O8S. The number of likely N-dealkylation sites (tertiary alicyclic amines) is 1. The normalized spacial score (nSPS) is 17.2. The van der Waals surface area contributed by atoms with Crippen molar-refractivity contribution >= 4 is 52.3 Å². The van der Waals surface area contributed by atoms with Crippen LogP contribution in [0.4, 0.5) is 15.8 Å². The molecule has 4 amide bonds. The van der Waals surface area contributed by atoms with Gasteiger partial charge in [0.2, 0.25) is 17.7 Å². The molecule has 3 atom stereocenters. The van der Waals surface area contributed by atoms with Crippen LogP contribution >= 0.6 is 12.2 Å². The predicted octanol–water partition coefficient (Wildman–Crippen LogP) is 6.92. The van der Waals surface area contributed by atoms with E-state index in [4.69, 9.17) is 31.4 Å². The molecule has 68 heavy (non-hydrogen) atoms. The quantitative estimate of drug-likeness (QED) is 0.0646. The van der Waals surface area contributed by atoms with Crippen molar-refractivity contribution in [3.05, 3.63) is 121 Å². The van der Waals surface area contributed by atoms with Gasteiger partial charge in [0.1, 0.15) is 41.9 Å². The number of carbonyl (C=O) groups excluding carboxylic acids is 4. The minimum atomic E-state index is -1.05. The molecule has 15 nitrogen and oxygen atoms in total. The average Bonchev–Trinajstić information content (AvgIpc) is 4.04. The molecule has 1 aromatic heterocycles. The molecule has 2 fully saturated rings. The molecule has 5 aromatic rings. The first-order chi connectivity index (χ1) is 32.5. The molecule has 17 heteroatoms. The van der Waals surface area contributed by atoms with E-state index in [-0.39, 0.29) is 48.4 Å². The Morgan fingerprint density at radius 2 is 1.62 bits per heavy atom. The number of nitrogens with one attached hydrogen (secondary N) is 2. The van der Waals surface area contributed by atoms with Crippen LogP contribution in [0.1, 0.15) is 65.0 Å². The second-order valence-electron chi connectivity index (χ2n) is 18.3. The van der Waals surface area contributed by atoms with Crippen molar-refractivity contribution in [1.29, 1.82) is 5.26 Å². The number of nitrogens with zero attached hydrogens (tertiary/aromatic N) is 5. The zero-order chi connectivity index (χ0) is 48.8. The first-order valence-corrected chi connectivity index (χ1v) is 22.7. The number of aliphatic hydroxyl groups is 1. The van der Waals surface area contributed by atoms with Gasteiger partial charge < -0.3 is 39.4 Å². The van der Waals surface area contributed by atoms with Gasteiger partial charge in [0.25, 0.3) is 5.91 Å². The van der Waals surface area contributed by atoms with Crippen LogP contribution < -0.4 is 25.2 Å². The lowest BCUT2D eigenvalue weighted by atomic mass is 9.85. The monoisotopic (exact) mass is 943 g/mol. The molecule has 0 radical (unpaired) electrons. The molecule has 4 aromatic carbocycles. The predicted molar refractivity (Wildman–Crippen MR) is 256 cm³/mol. The zero-order valence-corrected chi connectivity index (χ0v) is 39.3. The van der Waals surface area contributed by atoms with Crippen LogP contribution in [0, 0.1) is 22.6 Å². The van der Waals surface area contributed by atoms with E-state index in [2.05, 4.69) is 15.6 Å². The Kier molecular flexibility index (Phi) is 15.0. The van der Waals surface area contributed by atoms with Gasteiger partial charge in [-0.2, -0.15) is 5.26 Å². The van der Waals surface area contributed by atoms with Gasteiger partial charge in [-0.25, -0.2) is 9.37 Å². The third kappa shape index (κ3) is 11.1. The number of rotatable bonds is 17. The van der Waals surface area contributed by atoms with Crippen molar-refractivity contribution in [2.45, 2.75) is 84.2 Å². The molecule has 2 aliphatic rings. The first kappa shape index (κ1) is 48.9. The van der Waals surface area contributed by atoms with E-state index in [1.807, 2.05) is 93.6 Å². The van der Waals surface area contributed by atoms with E-state index in [1.165, 1.54) is 28.3 Å². The number of unbranched alkanes of at least 4 members (excludes halogenated alkanes) is 1. The molecule has 2 aliphatic heterocycles. The van der Waals surface area contributed by atoms with Crippen molar-refractivity contribution in [1.82, 2.24) is 20.5 Å². The fraction of sp³-hybridized carbons (Fsp3) is 0.353. The highest BCUT2D eigenvalue weighted by Crippen LogP contribution is 2.38. The van der Waals surface area contributed by atoms with Gasteiger partial charge in [0, 0.05) is 37.4 Å². The molecule has 1 unspecified atom stereocenters. The molecule has 3 N–H and O–H groups in total. The topological polar surface area (TPSA) is 191 Å². The van der Waals surface area contributed by atoms with Crippen molar-refractivity contribution in [3.63, 3.8) is 0 Å². The maximum Gasteiger partial charge on any atom is 0.259 e. The van der Waals surface area contributed by atoms with E-state index >= 15 is 0 Å². The summed E-state index contributed by atoms with van der Waals surface area (Å²) < 4.78 is 31.4. The number of aromatic nitrogens is 1. The number of benzene rings is 4. The molecular weight excluding hydrogens is 890 g/mol. The van der Waals surface area contributed by atoms with Crippen molar-refractivity contribution in [2.24, 2.45) is 5.41 Å². The van der Waals surface area contributed by atoms with E-state index in [9.17, 15) is 28.7 Å². The number of anilines is 2. The largest absolute Gasteiger partial charge is 0.494 e. The Morgan fingerprint density at radius 1 is 0.971 bits per heavy atom. The Balaban J connectivity index is 0.831. The third-order valence-corrected chi connectivity index (χ3v) is 12.3. The molecule has 7 rings (SSSR count). The van der Waals surface area contributed by atoms with E-state index in [0.717, 1.165) is 28.3 Å². The van der Waals surface area contributed by atoms with Gasteiger partial charge >= 0.3 is 0 Å². The molecule has 0 saturated carbocycles. The second kappa shape index (κ2) is 20.9. The lowest BCUT2D eigenvalue weighted by Gasteiger charge is -2.35. The number of aliphatic hydroxyl groups excluding tert-OH is 1. The standard InChI is InChI=1S/C51H54FN7O8S/c1-50(2,3)45(47(63)57-29-39(60)25-42(57)46(62)55-27-32-8-10-35(11-9-32)43-28-54-31-67-43)56-44(61)30-65-22-6-7-23-66-40-20-15-34(16-21-40)33-12-17-37(18-13-33)59-49(68)58(48(64)51(59,4)5)38-19-14-36(26-53)41(52)24-38/h8-21,24,28,31,39,42,45,60H,6-7,22-23,25,27,29-30H2,1-5H3,(H,55,62)(H,56,61)/t39-,42+,45?/m1/s1. The van der Waals surface area contributed by atoms with Gasteiger partial charge in [-0.15, -0.1) is 0 Å². The zero-order valence-electron chi connectivity index (χ0n) is 38.5. The summed E-state index contributed by atoms with van der Waals surface area (Å²) in [5.41, 5.74) is 2.62. The van der Waals surface area contributed by atoms with Crippen molar-refractivity contribution < 1.29 is 42.6 Å². The van der Waals surface area contributed by atoms with Crippen LogP contribution in [0.3, 0.4) is 0 Å². The minimum absolute atomic E-state index is 0.0319. The Morgan fingerprint density at radius 3 is 2.25 bits per heavy atom. The number of oxazole rings is 1. The van der Waals surface area contributed by atoms with Crippen LogP contribution in [-0.4, -0.2) is 93.8 Å². The maximum absolute atomic E-state index is 14.5. The molecule has 354 valence electrons. The van der Waals surface area contributed by atoms with Gasteiger partial charge in [0.05, 0.1) is 30.2 Å². The Hall–Kier alpha value is -7.00. The highest BCUT2D eigenvalue weighted by atomic mass is 32.1. The number of hydrogen-bond donors (Lipinski definition) is 3. The van der Waals surface area contributed by atoms with Gasteiger partial charge in [0.15, 0.2) is 17.3 Å². The van der Waals surface area contributed by atoms with E-state index in [1.54, 1.807) is 31.0 Å². The summed E-state index contributed by atoms with van der Waals surface area (Å²) in [6.45, 7) is 9.62. The lowest BCUT2D eigenvalue weighted by molar-refractivity contribution is -0.144. The summed E-state index contributed by atoms with van der Waals surface area (Å²) in [5.74, 6) is -1.06. The SMILES string of the molecule is CC(C)(C)C(NC(=O)COCCCCOc1ccc(-c2ccc(N3C(=S)N(c4ccc(C#N)c(F)c4)C(=O)C3(C)C)cc2)cc1)C(=O)N1C[C@H](O)C[C@H]1C(=O)NCc1ccc(-c2cnco2)cc1. The summed E-state index contributed by atoms with van der Waals surface area (Å²) in [6.07, 6.45) is 3.45. The number of nitriles is 1. The lowest BCUT2D eigenvalue weighted by Crippen LogP contribution is -2.58. The summed E-state index contributed by atoms with van der Waals surface area (Å²) in [6, 6.07) is 26.6. The highest BCUT2D eigenvalue weighted by Gasteiger charge is 2.50. The summed E-state index contributed by atoms with van der Waals surface area (Å²) >= 11 is 5.73. The molecule has 3 heterocycles. The Labute approximate surface area is 399 Å². The third-order valence-electron chi connectivity index (χ3n) is 11.9. The first-order valence-electron chi connectivity index (χ1n) is 22.3. The van der Waals surface area contributed by atoms with Crippen molar-refractivity contribution in [2.75, 3.05) is 36.2 Å². The summed E-state index contributed by atoms with van der Waals surface area (Å²) in [7, 11) is 0. The van der Waals surface area contributed by atoms with Crippen LogP contribution in [0.5, 0.6) is 5.75 Å². The summed E-state index contributed by atoms with van der Waals surface area (Å²) in [4.78, 5) is 62.2. The van der Waals surface area contributed by atoms with Crippen molar-refractivity contribution in [3.8, 4) is 34.3 Å². The highest BCUT2D eigenvalue weighted by molar-refractivity contribution is 7.81. The van der Waals surface area contributed by atoms with Gasteiger partial charge in [-0.05, 0) is 103 Å². The smallest absolute Gasteiger partial charge is 0.259 e. The molecule has 0 bridgehead atoms. The van der Waals surface area contributed by atoms with Gasteiger partial charge in [-0.1, -0.05) is 69.3 Å². The van der Waals surface area contributed by atoms with Crippen LogP contribution in [0.15, 0.2) is 108 Å². The second-order valence-corrected chi connectivity index (χ2v) is 18.7.